The van der Waals surface area contributed by atoms with E-state index in [1.807, 2.05) is 0 Å². The molecule has 4 aromatic rings. The van der Waals surface area contributed by atoms with Gasteiger partial charge < -0.3 is 24.8 Å². The Labute approximate surface area is 257 Å². The molecule has 0 aromatic heterocycles. The second kappa shape index (κ2) is 14.1. The molecule has 5 heteroatoms. The van der Waals surface area contributed by atoms with E-state index in [4.69, 9.17) is 0 Å². The van der Waals surface area contributed by atoms with Gasteiger partial charge in [0.05, 0.1) is 0 Å². The van der Waals surface area contributed by atoms with Crippen LogP contribution in [0, 0.1) is 0 Å². The van der Waals surface area contributed by atoms with Crippen molar-refractivity contribution in [3.8, 4) is 0 Å². The second-order valence-corrected chi connectivity index (χ2v) is 14.7. The van der Waals surface area contributed by atoms with E-state index in [0.29, 0.717) is 0 Å². The van der Waals surface area contributed by atoms with Crippen LogP contribution in [0.15, 0.2) is 97.1 Å². The summed E-state index contributed by atoms with van der Waals surface area (Å²) in [4.78, 5) is 0. The van der Waals surface area contributed by atoms with Gasteiger partial charge in [-0.1, -0.05) is 99.0 Å². The van der Waals surface area contributed by atoms with Gasteiger partial charge >= 0.3 is 26.2 Å². The first kappa shape index (κ1) is 31.7. The third-order valence-corrected chi connectivity index (χ3v) is 9.91. The van der Waals surface area contributed by atoms with Crippen LogP contribution in [0.1, 0.15) is 24.0 Å². The Balaban J connectivity index is 0.000000241. The summed E-state index contributed by atoms with van der Waals surface area (Å²) in [6.07, 6.45) is 15.6. The number of rotatable bonds is 4. The van der Waals surface area contributed by atoms with E-state index in [-0.39, 0.29) is 51.0 Å². The first-order valence-electron chi connectivity index (χ1n) is 12.2. The Morgan fingerprint density at radius 1 is 0.595 bits per heavy atom. The average molecular weight is 635 g/mol. The van der Waals surface area contributed by atoms with Crippen molar-refractivity contribution in [1.82, 2.24) is 0 Å². The molecular formula is C32H32Cl2Si2Zr. The number of allylic oxidation sites excluding steroid dienone is 8. The standard InChI is InChI=1S/2C16H16Si.2ClH.Zr/c2*1-17(2)16-14-10-6-5-9-13(14)11-15(16)12-7-3-4-8-12;;;/h2*3-7,9-11H,8H2,1-2H3;2*1H;/q2*-1;;;+4/p-2. The van der Waals surface area contributed by atoms with Crippen molar-refractivity contribution in [2.45, 2.75) is 39.0 Å². The maximum absolute atomic E-state index is 2.39. The monoisotopic (exact) mass is 632 g/mol. The summed E-state index contributed by atoms with van der Waals surface area (Å²) >= 11 is 0. The van der Waals surface area contributed by atoms with Crippen molar-refractivity contribution in [1.29, 1.82) is 0 Å². The molecule has 2 aliphatic rings. The van der Waals surface area contributed by atoms with Crippen molar-refractivity contribution >= 4 is 60.7 Å². The van der Waals surface area contributed by atoms with Crippen molar-refractivity contribution in [3.05, 3.63) is 108 Å². The summed E-state index contributed by atoms with van der Waals surface area (Å²) in [5.74, 6) is 0. The molecule has 186 valence electrons. The Bertz CT molecular complexity index is 1350. The largest absolute Gasteiger partial charge is 4.00 e. The van der Waals surface area contributed by atoms with Gasteiger partial charge in [-0.3, -0.25) is 0 Å². The number of halogens is 2. The van der Waals surface area contributed by atoms with Crippen molar-refractivity contribution in [2.24, 2.45) is 0 Å². The number of hydrogen-bond donors (Lipinski definition) is 0. The van der Waals surface area contributed by atoms with E-state index in [1.165, 1.54) is 43.8 Å². The molecule has 0 aliphatic heterocycles. The van der Waals surface area contributed by atoms with Gasteiger partial charge in [0.1, 0.15) is 0 Å². The van der Waals surface area contributed by atoms with Gasteiger partial charge in [0, 0.05) is 17.6 Å². The Hall–Kier alpha value is -1.48. The normalized spacial score (nSPS) is 13.7. The number of hydrogen-bond acceptors (Lipinski definition) is 0. The van der Waals surface area contributed by atoms with Crippen molar-refractivity contribution < 1.29 is 51.0 Å². The first-order valence-corrected chi connectivity index (χ1v) is 17.2. The summed E-state index contributed by atoms with van der Waals surface area (Å²) < 4.78 is 0. The van der Waals surface area contributed by atoms with Gasteiger partial charge in [-0.25, -0.2) is 0 Å². The zero-order valence-corrected chi connectivity index (χ0v) is 27.9. The molecule has 0 spiro atoms. The van der Waals surface area contributed by atoms with Gasteiger partial charge in [-0.05, 0) is 12.8 Å². The predicted octanol–water partition coefficient (Wildman–Crippen LogP) is 1.73. The minimum Gasteiger partial charge on any atom is -1.00 e. The van der Waals surface area contributed by atoms with Crippen LogP contribution in [0.2, 0.25) is 26.2 Å². The SMILES string of the molecule is C[Si](C)c1c(C2=CC=CC2)[cH-]c2ccccc12.C[Si](C)c1c(C2=CC=CC2)[cH-]c2ccccc12.[Cl-].[Cl-].[Zr+4]. The fourth-order valence-electron chi connectivity index (χ4n) is 5.32. The van der Waals surface area contributed by atoms with Gasteiger partial charge in [0.25, 0.3) is 0 Å². The van der Waals surface area contributed by atoms with Crippen LogP contribution in [-0.2, 0) is 26.2 Å². The van der Waals surface area contributed by atoms with Gasteiger partial charge in [0.15, 0.2) is 0 Å². The summed E-state index contributed by atoms with van der Waals surface area (Å²) in [5, 5.41) is 8.96. The summed E-state index contributed by atoms with van der Waals surface area (Å²) in [5.41, 5.74) is 5.97. The fourth-order valence-corrected chi connectivity index (χ4v) is 8.40. The van der Waals surface area contributed by atoms with Crippen molar-refractivity contribution in [2.75, 3.05) is 0 Å². The molecule has 6 rings (SSSR count). The van der Waals surface area contributed by atoms with Gasteiger partial charge in [-0.15, -0.1) is 78.5 Å². The zero-order chi connectivity index (χ0) is 23.7. The smallest absolute Gasteiger partial charge is 1.00 e. The van der Waals surface area contributed by atoms with E-state index < -0.39 is 17.6 Å². The third-order valence-electron chi connectivity index (χ3n) is 6.83. The van der Waals surface area contributed by atoms with Gasteiger partial charge in [0.2, 0.25) is 0 Å². The molecule has 0 N–H and O–H groups in total. The van der Waals surface area contributed by atoms with E-state index in [9.17, 15) is 0 Å². The summed E-state index contributed by atoms with van der Waals surface area (Å²) in [6.45, 7) is 9.55. The molecule has 0 heterocycles. The number of benzene rings is 2. The predicted molar refractivity (Wildman–Crippen MR) is 157 cm³/mol. The van der Waals surface area contributed by atoms with Crippen LogP contribution in [0.5, 0.6) is 0 Å². The van der Waals surface area contributed by atoms with E-state index >= 15 is 0 Å². The topological polar surface area (TPSA) is 0 Å². The molecule has 0 nitrogen and oxygen atoms in total. The maximum Gasteiger partial charge on any atom is 4.00 e. The van der Waals surface area contributed by atoms with Crippen LogP contribution in [0.4, 0.5) is 0 Å². The van der Waals surface area contributed by atoms with Crippen LogP contribution in [0.25, 0.3) is 32.7 Å². The fraction of sp³-hybridized carbons (Fsp3) is 0.188. The quantitative estimate of drug-likeness (QED) is 0.237. The average Bonchev–Trinajstić information content (AvgIpc) is 3.63. The van der Waals surface area contributed by atoms with Crippen LogP contribution >= 0.6 is 0 Å². The second-order valence-electron chi connectivity index (χ2n) is 9.69. The van der Waals surface area contributed by atoms with E-state index in [0.717, 1.165) is 12.8 Å². The first-order chi connectivity index (χ1) is 16.5. The van der Waals surface area contributed by atoms with Crippen LogP contribution in [0.3, 0.4) is 0 Å². The van der Waals surface area contributed by atoms with Crippen molar-refractivity contribution in [3.63, 3.8) is 0 Å². The van der Waals surface area contributed by atoms with E-state index in [2.05, 4.69) is 123 Å². The molecule has 0 fully saturated rings. The zero-order valence-electron chi connectivity index (χ0n) is 21.9. The minimum absolute atomic E-state index is 0. The number of fused-ring (bicyclic) bond motifs is 2. The molecule has 0 atom stereocenters. The van der Waals surface area contributed by atoms with E-state index in [1.54, 1.807) is 10.4 Å². The van der Waals surface area contributed by atoms with Gasteiger partial charge in [-0.2, -0.15) is 0 Å². The third kappa shape index (κ3) is 6.57. The summed E-state index contributed by atoms with van der Waals surface area (Å²) in [7, 11) is -0.858. The minimum atomic E-state index is -0.429. The molecule has 4 aromatic carbocycles. The maximum atomic E-state index is 2.39. The molecular weight excluding hydrogens is 603 g/mol. The Morgan fingerprint density at radius 3 is 1.30 bits per heavy atom. The van der Waals surface area contributed by atoms with Crippen LogP contribution < -0.4 is 35.2 Å². The molecule has 2 aliphatic carbocycles. The molecule has 0 saturated heterocycles. The molecule has 0 bridgehead atoms. The molecule has 0 unspecified atom stereocenters. The molecule has 0 saturated carbocycles. The molecule has 0 amide bonds. The Kier molecular flexibility index (Phi) is 12.1. The summed E-state index contributed by atoms with van der Waals surface area (Å²) in [6, 6.07) is 22.3. The molecule has 37 heavy (non-hydrogen) atoms. The van der Waals surface area contributed by atoms with Crippen LogP contribution in [-0.4, -0.2) is 17.6 Å². The molecule has 2 radical (unpaired) electrons. The Morgan fingerprint density at radius 2 is 0.973 bits per heavy atom.